The van der Waals surface area contributed by atoms with Gasteiger partial charge in [-0.05, 0) is 30.5 Å². The van der Waals surface area contributed by atoms with E-state index in [1.165, 1.54) is 24.7 Å². The van der Waals surface area contributed by atoms with Gasteiger partial charge in [-0.25, -0.2) is 4.98 Å². The van der Waals surface area contributed by atoms with Gasteiger partial charge in [0.05, 0.1) is 12.4 Å². The zero-order chi connectivity index (χ0) is 28.1. The number of carboxylic acids is 1. The molecule has 1 heterocycles. The van der Waals surface area contributed by atoms with Gasteiger partial charge < -0.3 is 48.3 Å². The second-order valence-electron chi connectivity index (χ2n) is 8.44. The molecule has 3 atom stereocenters. The molecule has 1 aromatic carbocycles. The number of carbonyl (C=O) groups is 4. The summed E-state index contributed by atoms with van der Waals surface area (Å²) in [5.41, 5.74) is 17.7. The lowest BCUT2D eigenvalue weighted by molar-refractivity contribution is -0.138. The Kier molecular flexibility index (Phi) is 11.5. The minimum atomic E-state index is -1.26. The number of aromatic nitrogens is 2. The number of guanidine groups is 1. The number of aliphatic carboxylic acids is 1. The molecule has 15 heteroatoms. The molecule has 0 aliphatic carbocycles. The van der Waals surface area contributed by atoms with E-state index in [0.717, 1.165) is 0 Å². The van der Waals surface area contributed by atoms with Gasteiger partial charge in [0.15, 0.2) is 5.96 Å². The zero-order valence-electron chi connectivity index (χ0n) is 20.6. The van der Waals surface area contributed by atoms with Crippen molar-refractivity contribution >= 4 is 29.7 Å². The number of H-pyrrole nitrogens is 1. The summed E-state index contributed by atoms with van der Waals surface area (Å²) < 4.78 is 0. The number of benzene rings is 1. The van der Waals surface area contributed by atoms with Crippen LogP contribution in [0.1, 0.15) is 24.1 Å². The number of phenols is 1. The number of hydrogen-bond acceptors (Lipinski definition) is 8. The first-order valence-electron chi connectivity index (χ1n) is 11.7. The van der Waals surface area contributed by atoms with Crippen LogP contribution in [-0.4, -0.2) is 81.0 Å². The number of phenolic OH excluding ortho intramolecular Hbond substituents is 1. The minimum absolute atomic E-state index is 0.00744. The van der Waals surface area contributed by atoms with Gasteiger partial charge >= 0.3 is 5.97 Å². The summed E-state index contributed by atoms with van der Waals surface area (Å²) in [6, 6.07) is 2.68. The minimum Gasteiger partial charge on any atom is -0.508 e. The SMILES string of the molecule is NC(N)=NCCCC(N)C(=O)NC(Cc1cnc[nH]1)C(=O)NC(Cc1ccc(O)cc1)C(=O)NCC(=O)O. The van der Waals surface area contributed by atoms with E-state index in [1.807, 2.05) is 0 Å². The fourth-order valence-electron chi connectivity index (χ4n) is 3.39. The Morgan fingerprint density at radius 2 is 1.66 bits per heavy atom. The molecule has 0 saturated carbocycles. The van der Waals surface area contributed by atoms with Crippen molar-refractivity contribution in [1.29, 1.82) is 0 Å². The molecule has 0 bridgehead atoms. The summed E-state index contributed by atoms with van der Waals surface area (Å²) in [7, 11) is 0. The van der Waals surface area contributed by atoms with E-state index in [-0.39, 0.29) is 37.5 Å². The second kappa shape index (κ2) is 14.8. The molecule has 2 rings (SSSR count). The molecule has 12 N–H and O–H groups in total. The zero-order valence-corrected chi connectivity index (χ0v) is 20.6. The number of amides is 3. The van der Waals surface area contributed by atoms with Gasteiger partial charge in [-0.1, -0.05) is 12.1 Å². The van der Waals surface area contributed by atoms with Gasteiger partial charge in [0, 0.05) is 31.3 Å². The number of carbonyl (C=O) groups excluding carboxylic acids is 3. The van der Waals surface area contributed by atoms with Crippen molar-refractivity contribution in [2.75, 3.05) is 13.1 Å². The number of rotatable bonds is 15. The molecular weight excluding hydrogens is 498 g/mol. The summed E-state index contributed by atoms with van der Waals surface area (Å²) in [5, 5.41) is 25.9. The largest absolute Gasteiger partial charge is 0.508 e. The molecule has 0 saturated heterocycles. The molecule has 0 spiro atoms. The van der Waals surface area contributed by atoms with Crippen LogP contribution in [0.5, 0.6) is 5.75 Å². The Balaban J connectivity index is 2.15. The number of nitrogens with two attached hydrogens (primary N) is 3. The van der Waals surface area contributed by atoms with E-state index in [1.54, 1.807) is 12.1 Å². The summed E-state index contributed by atoms with van der Waals surface area (Å²) >= 11 is 0. The van der Waals surface area contributed by atoms with Crippen molar-refractivity contribution in [2.24, 2.45) is 22.2 Å². The van der Waals surface area contributed by atoms with E-state index in [2.05, 4.69) is 30.9 Å². The Morgan fingerprint density at radius 1 is 1.00 bits per heavy atom. The fourth-order valence-corrected chi connectivity index (χ4v) is 3.39. The number of carboxylic acid groups (broad SMARTS) is 1. The second-order valence-corrected chi connectivity index (χ2v) is 8.44. The van der Waals surface area contributed by atoms with Crippen molar-refractivity contribution in [1.82, 2.24) is 25.9 Å². The molecular formula is C23H33N9O6. The Hall–Kier alpha value is -4.66. The Labute approximate surface area is 218 Å². The van der Waals surface area contributed by atoms with Crippen LogP contribution in [0.4, 0.5) is 0 Å². The number of imidazole rings is 1. The monoisotopic (exact) mass is 531 g/mol. The molecule has 0 aliphatic heterocycles. The third-order valence-corrected chi connectivity index (χ3v) is 5.34. The van der Waals surface area contributed by atoms with E-state index in [0.29, 0.717) is 17.7 Å². The first-order valence-corrected chi connectivity index (χ1v) is 11.7. The maximum Gasteiger partial charge on any atom is 0.322 e. The van der Waals surface area contributed by atoms with E-state index in [4.69, 9.17) is 22.3 Å². The Bertz CT molecular complexity index is 1100. The van der Waals surface area contributed by atoms with Gasteiger partial charge in [-0.3, -0.25) is 24.2 Å². The van der Waals surface area contributed by atoms with Crippen molar-refractivity contribution in [3.63, 3.8) is 0 Å². The first kappa shape index (κ1) is 29.6. The molecule has 3 amide bonds. The van der Waals surface area contributed by atoms with Gasteiger partial charge in [0.25, 0.3) is 0 Å². The van der Waals surface area contributed by atoms with E-state index >= 15 is 0 Å². The average molecular weight is 532 g/mol. The molecule has 3 unspecified atom stereocenters. The maximum atomic E-state index is 13.3. The predicted octanol–water partition coefficient (Wildman–Crippen LogP) is -2.55. The van der Waals surface area contributed by atoms with Gasteiger partial charge in [0.2, 0.25) is 17.7 Å². The lowest BCUT2D eigenvalue weighted by atomic mass is 10.0. The highest BCUT2D eigenvalue weighted by atomic mass is 16.4. The molecule has 38 heavy (non-hydrogen) atoms. The van der Waals surface area contributed by atoms with Crippen molar-refractivity contribution in [3.8, 4) is 5.75 Å². The summed E-state index contributed by atoms with van der Waals surface area (Å²) in [4.78, 5) is 60.3. The summed E-state index contributed by atoms with van der Waals surface area (Å²) in [6.07, 6.45) is 3.58. The highest BCUT2D eigenvalue weighted by Crippen LogP contribution is 2.12. The highest BCUT2D eigenvalue weighted by Gasteiger charge is 2.29. The normalized spacial score (nSPS) is 13.0. The van der Waals surface area contributed by atoms with Gasteiger partial charge in [0.1, 0.15) is 24.4 Å². The van der Waals surface area contributed by atoms with Crippen LogP contribution in [0, 0.1) is 0 Å². The smallest absolute Gasteiger partial charge is 0.322 e. The third kappa shape index (κ3) is 10.5. The van der Waals surface area contributed by atoms with Gasteiger partial charge in [-0.15, -0.1) is 0 Å². The topological polar surface area (TPSA) is 264 Å². The number of aromatic amines is 1. The maximum absolute atomic E-state index is 13.3. The molecule has 0 radical (unpaired) electrons. The molecule has 1 aromatic heterocycles. The number of nitrogens with one attached hydrogen (secondary N) is 4. The van der Waals surface area contributed by atoms with Crippen LogP contribution in [0.25, 0.3) is 0 Å². The number of aromatic hydroxyl groups is 1. The van der Waals surface area contributed by atoms with Crippen LogP contribution in [-0.2, 0) is 32.0 Å². The highest BCUT2D eigenvalue weighted by molar-refractivity contribution is 5.94. The summed E-state index contributed by atoms with van der Waals surface area (Å²) in [5.74, 6) is -3.35. The molecule has 0 fully saturated rings. The van der Waals surface area contributed by atoms with E-state index in [9.17, 15) is 24.3 Å². The lowest BCUT2D eigenvalue weighted by Crippen LogP contribution is -2.57. The van der Waals surface area contributed by atoms with Crippen LogP contribution >= 0.6 is 0 Å². The Morgan fingerprint density at radius 3 is 2.26 bits per heavy atom. The fraction of sp³-hybridized carbons (Fsp3) is 0.391. The molecule has 2 aromatic rings. The standard InChI is InChI=1S/C23H33N9O6/c24-16(2-1-7-28-23(25)26)20(36)31-18(9-14-10-27-12-30-14)22(38)32-17(21(37)29-11-19(34)35)8-13-3-5-15(33)6-4-13/h3-6,10,12,16-18,33H,1-2,7-9,11,24H2,(H,27,30)(H,29,37)(H,31,36)(H,32,38)(H,34,35)(H4,25,26,28). The van der Waals surface area contributed by atoms with Crippen molar-refractivity contribution in [2.45, 2.75) is 43.8 Å². The van der Waals surface area contributed by atoms with Crippen LogP contribution in [0.3, 0.4) is 0 Å². The summed E-state index contributed by atoms with van der Waals surface area (Å²) in [6.45, 7) is -0.366. The molecule has 206 valence electrons. The van der Waals surface area contributed by atoms with Crippen LogP contribution in [0.2, 0.25) is 0 Å². The van der Waals surface area contributed by atoms with E-state index < -0.39 is 48.4 Å². The van der Waals surface area contributed by atoms with Crippen molar-refractivity contribution < 1.29 is 29.4 Å². The predicted molar refractivity (Wildman–Crippen MR) is 136 cm³/mol. The van der Waals surface area contributed by atoms with Crippen LogP contribution in [0.15, 0.2) is 41.8 Å². The number of aliphatic imine (C=N–C) groups is 1. The quantitative estimate of drug-likeness (QED) is 0.0659. The number of nitrogens with zero attached hydrogens (tertiary/aromatic N) is 2. The number of hydrogen-bond donors (Lipinski definition) is 9. The first-order chi connectivity index (χ1) is 18.0. The third-order valence-electron chi connectivity index (χ3n) is 5.34. The lowest BCUT2D eigenvalue weighted by Gasteiger charge is -2.24. The van der Waals surface area contributed by atoms with Gasteiger partial charge in [-0.2, -0.15) is 0 Å². The van der Waals surface area contributed by atoms with Crippen molar-refractivity contribution in [3.05, 3.63) is 48.0 Å². The average Bonchev–Trinajstić information content (AvgIpc) is 3.38. The molecule has 15 nitrogen and oxygen atoms in total. The van der Waals surface area contributed by atoms with Crippen LogP contribution < -0.4 is 33.2 Å². The molecule has 0 aliphatic rings.